The van der Waals surface area contributed by atoms with Gasteiger partial charge in [0.05, 0.1) is 5.92 Å². The summed E-state index contributed by atoms with van der Waals surface area (Å²) >= 11 is 0. The molecule has 1 aliphatic heterocycles. The summed E-state index contributed by atoms with van der Waals surface area (Å²) in [6, 6.07) is 0.0190. The zero-order chi connectivity index (χ0) is 14.0. The van der Waals surface area contributed by atoms with E-state index >= 15 is 0 Å². The van der Waals surface area contributed by atoms with E-state index in [-0.39, 0.29) is 18.5 Å². The van der Waals surface area contributed by atoms with E-state index in [2.05, 4.69) is 4.72 Å². The van der Waals surface area contributed by atoms with Crippen LogP contribution >= 0.6 is 0 Å². The second-order valence-electron chi connectivity index (χ2n) is 5.80. The van der Waals surface area contributed by atoms with Crippen LogP contribution in [0.4, 0.5) is 0 Å². The number of aliphatic carboxylic acids is 1. The van der Waals surface area contributed by atoms with Gasteiger partial charge in [-0.3, -0.25) is 4.79 Å². The molecule has 0 bridgehead atoms. The summed E-state index contributed by atoms with van der Waals surface area (Å²) in [5.74, 6) is -1.42. The Morgan fingerprint density at radius 2 is 1.89 bits per heavy atom. The third-order valence-electron chi connectivity index (χ3n) is 3.99. The highest BCUT2D eigenvalue weighted by Crippen LogP contribution is 2.25. The Morgan fingerprint density at radius 1 is 1.26 bits per heavy atom. The SMILES string of the molecule is CC1CC(C(=O)O)CN(S(=O)(=O)NC2CCCC2)C1. The van der Waals surface area contributed by atoms with Crippen LogP contribution in [0.2, 0.25) is 0 Å². The third kappa shape index (κ3) is 3.67. The molecule has 110 valence electrons. The fourth-order valence-corrected chi connectivity index (χ4v) is 4.64. The van der Waals surface area contributed by atoms with Gasteiger partial charge < -0.3 is 5.11 Å². The Hall–Kier alpha value is -0.660. The Balaban J connectivity index is 2.03. The van der Waals surface area contributed by atoms with E-state index in [4.69, 9.17) is 5.11 Å². The first-order valence-corrected chi connectivity index (χ1v) is 8.32. The van der Waals surface area contributed by atoms with Crippen molar-refractivity contribution in [3.63, 3.8) is 0 Å². The molecule has 0 radical (unpaired) electrons. The molecular formula is C12H22N2O4S. The quantitative estimate of drug-likeness (QED) is 0.802. The number of carbonyl (C=O) groups is 1. The molecule has 1 aliphatic carbocycles. The van der Waals surface area contributed by atoms with Gasteiger partial charge >= 0.3 is 5.97 Å². The van der Waals surface area contributed by atoms with Crippen LogP contribution in [0.15, 0.2) is 0 Å². The van der Waals surface area contributed by atoms with E-state index in [1.54, 1.807) is 0 Å². The highest BCUT2D eigenvalue weighted by Gasteiger charge is 2.36. The van der Waals surface area contributed by atoms with Crippen LogP contribution in [0.5, 0.6) is 0 Å². The van der Waals surface area contributed by atoms with Crippen LogP contribution in [0, 0.1) is 11.8 Å². The minimum Gasteiger partial charge on any atom is -0.481 e. The molecule has 19 heavy (non-hydrogen) atoms. The first-order valence-electron chi connectivity index (χ1n) is 6.88. The molecule has 7 heteroatoms. The molecule has 0 amide bonds. The highest BCUT2D eigenvalue weighted by atomic mass is 32.2. The first kappa shape index (κ1) is 14.7. The predicted molar refractivity (Wildman–Crippen MR) is 70.8 cm³/mol. The molecule has 0 spiro atoms. The standard InChI is InChI=1S/C12H22N2O4S/c1-9-6-10(12(15)16)8-14(7-9)19(17,18)13-11-4-2-3-5-11/h9-11,13H,2-8H2,1H3,(H,15,16). The second-order valence-corrected chi connectivity index (χ2v) is 7.50. The number of carboxylic acids is 1. The van der Waals surface area contributed by atoms with E-state index in [0.29, 0.717) is 13.0 Å². The molecule has 1 saturated heterocycles. The summed E-state index contributed by atoms with van der Waals surface area (Å²) in [5, 5.41) is 9.08. The van der Waals surface area contributed by atoms with Crippen molar-refractivity contribution in [2.45, 2.75) is 45.1 Å². The Labute approximate surface area is 114 Å². The molecule has 2 unspecified atom stereocenters. The Kier molecular flexibility index (Phi) is 4.47. The Morgan fingerprint density at radius 3 is 2.47 bits per heavy atom. The summed E-state index contributed by atoms with van der Waals surface area (Å²) in [6.07, 6.45) is 4.42. The smallest absolute Gasteiger partial charge is 0.307 e. The number of hydrogen-bond acceptors (Lipinski definition) is 3. The first-order chi connectivity index (χ1) is 8.88. The summed E-state index contributed by atoms with van der Waals surface area (Å²) in [5.41, 5.74) is 0. The van der Waals surface area contributed by atoms with Crippen LogP contribution in [0.1, 0.15) is 39.0 Å². The lowest BCUT2D eigenvalue weighted by molar-refractivity contribution is -0.143. The molecule has 1 saturated carbocycles. The molecule has 6 nitrogen and oxygen atoms in total. The topological polar surface area (TPSA) is 86.7 Å². The van der Waals surface area contributed by atoms with E-state index in [9.17, 15) is 13.2 Å². The largest absolute Gasteiger partial charge is 0.481 e. The fraction of sp³-hybridized carbons (Fsp3) is 0.917. The Bertz CT molecular complexity index is 431. The number of carboxylic acid groups (broad SMARTS) is 1. The normalized spacial score (nSPS) is 30.6. The van der Waals surface area contributed by atoms with Crippen molar-refractivity contribution in [1.29, 1.82) is 0 Å². The van der Waals surface area contributed by atoms with Crippen LogP contribution in [0.3, 0.4) is 0 Å². The molecule has 1 heterocycles. The van der Waals surface area contributed by atoms with Gasteiger partial charge in [0.25, 0.3) is 10.2 Å². The number of nitrogens with zero attached hydrogens (tertiary/aromatic N) is 1. The number of rotatable bonds is 4. The molecule has 0 aromatic heterocycles. The number of hydrogen-bond donors (Lipinski definition) is 2. The molecule has 2 N–H and O–H groups in total. The lowest BCUT2D eigenvalue weighted by Crippen LogP contribution is -2.51. The summed E-state index contributed by atoms with van der Waals surface area (Å²) < 4.78 is 28.6. The number of piperidine rings is 1. The fourth-order valence-electron chi connectivity index (χ4n) is 3.01. The van der Waals surface area contributed by atoms with Gasteiger partial charge in [-0.15, -0.1) is 0 Å². The van der Waals surface area contributed by atoms with Gasteiger partial charge in [-0.2, -0.15) is 17.4 Å². The van der Waals surface area contributed by atoms with Crippen molar-refractivity contribution >= 4 is 16.2 Å². The lowest BCUT2D eigenvalue weighted by atomic mass is 9.92. The van der Waals surface area contributed by atoms with Gasteiger partial charge in [0.2, 0.25) is 0 Å². The van der Waals surface area contributed by atoms with Crippen LogP contribution in [0.25, 0.3) is 0 Å². The minimum atomic E-state index is -3.55. The van der Waals surface area contributed by atoms with Crippen LogP contribution in [-0.4, -0.2) is 42.9 Å². The van der Waals surface area contributed by atoms with Crippen molar-refractivity contribution in [2.75, 3.05) is 13.1 Å². The zero-order valence-corrected chi connectivity index (χ0v) is 12.0. The molecule has 2 rings (SSSR count). The van der Waals surface area contributed by atoms with E-state index in [1.165, 1.54) is 4.31 Å². The van der Waals surface area contributed by atoms with Crippen molar-refractivity contribution in [3.05, 3.63) is 0 Å². The van der Waals surface area contributed by atoms with Crippen molar-refractivity contribution < 1.29 is 18.3 Å². The van der Waals surface area contributed by atoms with Gasteiger partial charge in [-0.25, -0.2) is 0 Å². The van der Waals surface area contributed by atoms with Crippen molar-refractivity contribution in [2.24, 2.45) is 11.8 Å². The van der Waals surface area contributed by atoms with Crippen LogP contribution in [-0.2, 0) is 15.0 Å². The molecular weight excluding hydrogens is 268 g/mol. The van der Waals surface area contributed by atoms with Gasteiger partial charge in [-0.1, -0.05) is 19.8 Å². The molecule has 2 aliphatic rings. The van der Waals surface area contributed by atoms with Crippen molar-refractivity contribution in [1.82, 2.24) is 9.03 Å². The highest BCUT2D eigenvalue weighted by molar-refractivity contribution is 7.87. The van der Waals surface area contributed by atoms with E-state index in [0.717, 1.165) is 25.7 Å². The maximum absolute atomic E-state index is 12.3. The number of nitrogens with one attached hydrogen (secondary N) is 1. The monoisotopic (exact) mass is 290 g/mol. The van der Waals surface area contributed by atoms with E-state index in [1.807, 2.05) is 6.92 Å². The summed E-state index contributed by atoms with van der Waals surface area (Å²) in [4.78, 5) is 11.1. The molecule has 0 aromatic rings. The third-order valence-corrected chi connectivity index (χ3v) is 5.60. The second kappa shape index (κ2) is 5.76. The maximum atomic E-state index is 12.3. The molecule has 0 aromatic carbocycles. The average molecular weight is 290 g/mol. The van der Waals surface area contributed by atoms with E-state index < -0.39 is 22.1 Å². The van der Waals surface area contributed by atoms with Gasteiger partial charge in [0.15, 0.2) is 0 Å². The van der Waals surface area contributed by atoms with Crippen LogP contribution < -0.4 is 4.72 Å². The molecule has 2 fully saturated rings. The lowest BCUT2D eigenvalue weighted by Gasteiger charge is -2.34. The zero-order valence-electron chi connectivity index (χ0n) is 11.2. The van der Waals surface area contributed by atoms with Gasteiger partial charge in [0.1, 0.15) is 0 Å². The molecule has 2 atom stereocenters. The minimum absolute atomic E-state index is 0.0190. The van der Waals surface area contributed by atoms with Gasteiger partial charge in [0, 0.05) is 19.1 Å². The predicted octanol–water partition coefficient (Wildman–Crippen LogP) is 0.806. The summed E-state index contributed by atoms with van der Waals surface area (Å²) in [7, 11) is -3.55. The van der Waals surface area contributed by atoms with Crippen molar-refractivity contribution in [3.8, 4) is 0 Å². The maximum Gasteiger partial charge on any atom is 0.307 e. The summed E-state index contributed by atoms with van der Waals surface area (Å²) in [6.45, 7) is 2.39. The average Bonchev–Trinajstić information content (AvgIpc) is 2.80. The van der Waals surface area contributed by atoms with Gasteiger partial charge in [-0.05, 0) is 25.2 Å².